The molecule has 0 fully saturated rings. The second-order valence-electron chi connectivity index (χ2n) is 5.21. The SMILES string of the molecule is Clc1cccc(CNc2c(-c3ccncn3)nn3cnccc23)c1. The number of anilines is 1. The summed E-state index contributed by atoms with van der Waals surface area (Å²) in [5.74, 6) is 0. The Labute approximate surface area is 143 Å². The number of hydrogen-bond donors (Lipinski definition) is 1. The second-order valence-corrected chi connectivity index (χ2v) is 5.65. The Kier molecular flexibility index (Phi) is 3.80. The third kappa shape index (κ3) is 2.79. The van der Waals surface area contributed by atoms with Gasteiger partial charge in [0.2, 0.25) is 0 Å². The van der Waals surface area contributed by atoms with Crippen molar-refractivity contribution in [1.82, 2.24) is 24.6 Å². The number of halogens is 1. The van der Waals surface area contributed by atoms with Gasteiger partial charge in [-0.25, -0.2) is 19.5 Å². The van der Waals surface area contributed by atoms with Gasteiger partial charge < -0.3 is 5.32 Å². The first-order valence-electron chi connectivity index (χ1n) is 7.38. The van der Waals surface area contributed by atoms with Crippen molar-refractivity contribution in [2.75, 3.05) is 5.32 Å². The highest BCUT2D eigenvalue weighted by Crippen LogP contribution is 2.29. The minimum absolute atomic E-state index is 0.627. The van der Waals surface area contributed by atoms with E-state index in [1.165, 1.54) is 6.33 Å². The minimum atomic E-state index is 0.627. The molecule has 0 aliphatic heterocycles. The number of nitrogens with zero attached hydrogens (tertiary/aromatic N) is 5. The van der Waals surface area contributed by atoms with Crippen molar-refractivity contribution in [3.8, 4) is 11.4 Å². The van der Waals surface area contributed by atoms with Gasteiger partial charge in [-0.15, -0.1) is 0 Å². The van der Waals surface area contributed by atoms with Crippen LogP contribution in [0.25, 0.3) is 16.9 Å². The van der Waals surface area contributed by atoms with E-state index in [1.54, 1.807) is 23.2 Å². The molecule has 3 heterocycles. The number of nitrogens with one attached hydrogen (secondary N) is 1. The predicted octanol–water partition coefficient (Wildman–Crippen LogP) is 3.45. The topological polar surface area (TPSA) is 68.0 Å². The van der Waals surface area contributed by atoms with Crippen LogP contribution in [-0.4, -0.2) is 24.6 Å². The van der Waals surface area contributed by atoms with E-state index in [1.807, 2.05) is 36.4 Å². The number of fused-ring (bicyclic) bond motifs is 1. The van der Waals surface area contributed by atoms with Gasteiger partial charge in [-0.05, 0) is 29.8 Å². The Morgan fingerprint density at radius 2 is 2.00 bits per heavy atom. The molecule has 0 aliphatic carbocycles. The van der Waals surface area contributed by atoms with Crippen molar-refractivity contribution in [3.63, 3.8) is 0 Å². The molecule has 0 bridgehead atoms. The van der Waals surface area contributed by atoms with Gasteiger partial charge in [0.05, 0.1) is 16.9 Å². The molecule has 118 valence electrons. The molecule has 24 heavy (non-hydrogen) atoms. The molecule has 0 radical (unpaired) electrons. The normalized spacial score (nSPS) is 10.9. The minimum Gasteiger partial charge on any atom is -0.377 e. The zero-order valence-corrected chi connectivity index (χ0v) is 13.4. The Morgan fingerprint density at radius 3 is 2.83 bits per heavy atom. The number of aromatic nitrogens is 5. The quantitative estimate of drug-likeness (QED) is 0.618. The van der Waals surface area contributed by atoms with E-state index in [0.717, 1.165) is 33.2 Å². The summed E-state index contributed by atoms with van der Waals surface area (Å²) in [5, 5.41) is 8.75. The molecule has 0 aliphatic rings. The van der Waals surface area contributed by atoms with Crippen LogP contribution in [0.15, 0.2) is 61.4 Å². The Hall–Kier alpha value is -2.99. The Morgan fingerprint density at radius 1 is 1.08 bits per heavy atom. The van der Waals surface area contributed by atoms with Crippen LogP contribution in [0.3, 0.4) is 0 Å². The van der Waals surface area contributed by atoms with Crippen molar-refractivity contribution < 1.29 is 0 Å². The molecular formula is C17H13ClN6. The third-order valence-electron chi connectivity index (χ3n) is 3.62. The lowest BCUT2D eigenvalue weighted by Crippen LogP contribution is -2.00. The Bertz CT molecular complexity index is 983. The van der Waals surface area contributed by atoms with E-state index < -0.39 is 0 Å². The highest BCUT2D eigenvalue weighted by molar-refractivity contribution is 6.30. The van der Waals surface area contributed by atoms with Gasteiger partial charge in [0.1, 0.15) is 18.3 Å². The molecule has 1 N–H and O–H groups in total. The molecule has 0 spiro atoms. The second kappa shape index (κ2) is 6.25. The lowest BCUT2D eigenvalue weighted by Gasteiger charge is -2.07. The van der Waals surface area contributed by atoms with Crippen LogP contribution in [-0.2, 0) is 6.54 Å². The monoisotopic (exact) mass is 336 g/mol. The summed E-state index contributed by atoms with van der Waals surface area (Å²) in [6, 6.07) is 11.5. The standard InChI is InChI=1S/C17H13ClN6/c18-13-3-1-2-12(8-13)9-21-17-15-5-7-20-11-24(15)23-16(17)14-4-6-19-10-22-14/h1-8,10-11,21H,9H2. The third-order valence-corrected chi connectivity index (χ3v) is 3.86. The van der Waals surface area contributed by atoms with E-state index in [0.29, 0.717) is 6.54 Å². The van der Waals surface area contributed by atoms with Crippen LogP contribution in [0.2, 0.25) is 5.02 Å². The van der Waals surface area contributed by atoms with Crippen LogP contribution >= 0.6 is 11.6 Å². The predicted molar refractivity (Wildman–Crippen MR) is 92.8 cm³/mol. The van der Waals surface area contributed by atoms with Gasteiger partial charge in [0, 0.05) is 24.0 Å². The molecule has 7 heteroatoms. The van der Waals surface area contributed by atoms with Crippen LogP contribution in [0.1, 0.15) is 5.56 Å². The first kappa shape index (κ1) is 14.6. The van der Waals surface area contributed by atoms with Gasteiger partial charge in [-0.2, -0.15) is 5.10 Å². The van der Waals surface area contributed by atoms with E-state index in [-0.39, 0.29) is 0 Å². The van der Waals surface area contributed by atoms with Gasteiger partial charge in [-0.3, -0.25) is 0 Å². The first-order chi connectivity index (χ1) is 11.8. The van der Waals surface area contributed by atoms with E-state index >= 15 is 0 Å². The highest BCUT2D eigenvalue weighted by atomic mass is 35.5. The summed E-state index contributed by atoms with van der Waals surface area (Å²) in [4.78, 5) is 12.4. The molecule has 0 unspecified atom stereocenters. The average Bonchev–Trinajstić information content (AvgIpc) is 2.99. The maximum absolute atomic E-state index is 6.06. The summed E-state index contributed by atoms with van der Waals surface area (Å²) in [7, 11) is 0. The zero-order valence-electron chi connectivity index (χ0n) is 12.6. The zero-order chi connectivity index (χ0) is 16.4. The van der Waals surface area contributed by atoms with Crippen LogP contribution in [0.5, 0.6) is 0 Å². The van der Waals surface area contributed by atoms with Gasteiger partial charge in [0.15, 0.2) is 0 Å². The first-order valence-corrected chi connectivity index (χ1v) is 7.76. The fourth-order valence-corrected chi connectivity index (χ4v) is 2.75. The van der Waals surface area contributed by atoms with E-state index in [9.17, 15) is 0 Å². The molecule has 0 saturated carbocycles. The molecule has 6 nitrogen and oxygen atoms in total. The van der Waals surface area contributed by atoms with Gasteiger partial charge in [0.25, 0.3) is 0 Å². The van der Waals surface area contributed by atoms with Gasteiger partial charge in [-0.1, -0.05) is 23.7 Å². The van der Waals surface area contributed by atoms with Crippen molar-refractivity contribution in [3.05, 3.63) is 72.0 Å². The van der Waals surface area contributed by atoms with E-state index in [2.05, 4.69) is 25.4 Å². The van der Waals surface area contributed by atoms with E-state index in [4.69, 9.17) is 11.6 Å². The molecule has 4 rings (SSSR count). The van der Waals surface area contributed by atoms with Crippen LogP contribution in [0, 0.1) is 0 Å². The van der Waals surface area contributed by atoms with Crippen molar-refractivity contribution in [2.45, 2.75) is 6.54 Å². The molecule has 3 aromatic heterocycles. The summed E-state index contributed by atoms with van der Waals surface area (Å²) in [6.45, 7) is 0.627. The van der Waals surface area contributed by atoms with Crippen LogP contribution < -0.4 is 5.32 Å². The lowest BCUT2D eigenvalue weighted by molar-refractivity contribution is 0.922. The lowest BCUT2D eigenvalue weighted by atomic mass is 10.2. The molecule has 4 aromatic rings. The molecule has 1 aromatic carbocycles. The van der Waals surface area contributed by atoms with Crippen LogP contribution in [0.4, 0.5) is 5.69 Å². The largest absolute Gasteiger partial charge is 0.377 e. The number of hydrogen-bond acceptors (Lipinski definition) is 5. The Balaban J connectivity index is 1.75. The number of benzene rings is 1. The highest BCUT2D eigenvalue weighted by Gasteiger charge is 2.15. The van der Waals surface area contributed by atoms with Crippen molar-refractivity contribution in [1.29, 1.82) is 0 Å². The smallest absolute Gasteiger partial charge is 0.135 e. The summed E-state index contributed by atoms with van der Waals surface area (Å²) in [5.41, 5.74) is 4.43. The average molecular weight is 337 g/mol. The molecular weight excluding hydrogens is 324 g/mol. The summed E-state index contributed by atoms with van der Waals surface area (Å²) >= 11 is 6.06. The molecule has 0 amide bonds. The fourth-order valence-electron chi connectivity index (χ4n) is 2.53. The maximum atomic E-state index is 6.06. The maximum Gasteiger partial charge on any atom is 0.135 e. The van der Waals surface area contributed by atoms with Crippen molar-refractivity contribution in [2.24, 2.45) is 0 Å². The van der Waals surface area contributed by atoms with Crippen molar-refractivity contribution >= 4 is 22.8 Å². The fraction of sp³-hybridized carbons (Fsp3) is 0.0588. The molecule has 0 saturated heterocycles. The molecule has 0 atom stereocenters. The summed E-state index contributed by atoms with van der Waals surface area (Å²) in [6.07, 6.45) is 6.62. The van der Waals surface area contributed by atoms with Gasteiger partial charge >= 0.3 is 0 Å². The summed E-state index contributed by atoms with van der Waals surface area (Å²) < 4.78 is 1.73. The number of rotatable bonds is 4.